The first-order valence-corrected chi connectivity index (χ1v) is 11.1. The number of β-amino-alcohol motifs (C(OH)–C–C–N with tert-alkyl or cyclic N) is 1. The highest BCUT2D eigenvalue weighted by atomic mass is 19.1. The number of rotatable bonds is 6. The first kappa shape index (κ1) is 24.2. The molecule has 0 aromatic heterocycles. The van der Waals surface area contributed by atoms with E-state index in [4.69, 9.17) is 14.9 Å². The van der Waals surface area contributed by atoms with E-state index in [1.165, 1.54) is 35.4 Å². The molecule has 0 aliphatic carbocycles. The second kappa shape index (κ2) is 9.38. The van der Waals surface area contributed by atoms with E-state index in [0.717, 1.165) is 11.6 Å². The van der Waals surface area contributed by atoms with Gasteiger partial charge in [0.1, 0.15) is 34.5 Å². The highest BCUT2D eigenvalue weighted by Crippen LogP contribution is 2.43. The second-order valence-electron chi connectivity index (χ2n) is 9.09. The van der Waals surface area contributed by atoms with Crippen LogP contribution >= 0.6 is 0 Å². The van der Waals surface area contributed by atoms with Crippen LogP contribution < -0.4 is 20.1 Å². The Morgan fingerprint density at radius 3 is 2.69 bits per heavy atom. The lowest BCUT2D eigenvalue weighted by Gasteiger charge is -2.35. The fraction of sp³-hybridized carbons (Fsp3) is 0.320. The van der Waals surface area contributed by atoms with E-state index in [-0.39, 0.29) is 35.8 Å². The van der Waals surface area contributed by atoms with Gasteiger partial charge in [0.15, 0.2) is 0 Å². The lowest BCUT2D eigenvalue weighted by atomic mass is 9.99. The van der Waals surface area contributed by atoms with Gasteiger partial charge in [0, 0.05) is 43.8 Å². The number of ether oxygens (including phenoxy) is 2. The topological polar surface area (TPSA) is 124 Å². The van der Waals surface area contributed by atoms with Crippen molar-refractivity contribution in [3.8, 4) is 17.2 Å². The number of hydrogen-bond acceptors (Lipinski definition) is 7. The van der Waals surface area contributed by atoms with Crippen molar-refractivity contribution in [1.29, 1.82) is 5.41 Å². The Balaban J connectivity index is 1.60. The van der Waals surface area contributed by atoms with Crippen LogP contribution in [0.4, 0.5) is 4.39 Å². The van der Waals surface area contributed by atoms with E-state index >= 15 is 0 Å². The van der Waals surface area contributed by atoms with Gasteiger partial charge in [-0.2, -0.15) is 0 Å². The largest absolute Gasteiger partial charge is 0.487 e. The van der Waals surface area contributed by atoms with Crippen molar-refractivity contribution in [3.63, 3.8) is 0 Å². The molecule has 2 aromatic rings. The van der Waals surface area contributed by atoms with Gasteiger partial charge in [-0.1, -0.05) is 0 Å². The van der Waals surface area contributed by atoms with Gasteiger partial charge in [-0.25, -0.2) is 4.39 Å². The summed E-state index contributed by atoms with van der Waals surface area (Å²) in [5.41, 5.74) is 0.302. The predicted octanol–water partition coefficient (Wildman–Crippen LogP) is 2.59. The molecule has 10 heteroatoms. The first-order chi connectivity index (χ1) is 16.6. The van der Waals surface area contributed by atoms with Crippen LogP contribution in [0.5, 0.6) is 17.2 Å². The number of fused-ring (bicyclic) bond motifs is 1. The molecule has 2 amide bonds. The zero-order valence-electron chi connectivity index (χ0n) is 19.6. The fourth-order valence-corrected chi connectivity index (χ4v) is 3.92. The lowest BCUT2D eigenvalue weighted by molar-refractivity contribution is 0.00558. The third-order valence-electron chi connectivity index (χ3n) is 5.63. The highest BCUT2D eigenvalue weighted by Gasteiger charge is 2.34. The quantitative estimate of drug-likeness (QED) is 0.371. The Morgan fingerprint density at radius 2 is 2.03 bits per heavy atom. The number of hydrogen-bond donors (Lipinski definition) is 4. The molecule has 0 atom stereocenters. The van der Waals surface area contributed by atoms with Gasteiger partial charge in [-0.3, -0.25) is 15.0 Å². The number of carbonyl (C=O) groups is 2. The summed E-state index contributed by atoms with van der Waals surface area (Å²) in [5.74, 6) is -0.939. The Morgan fingerprint density at radius 1 is 1.29 bits per heavy atom. The first-order valence-electron chi connectivity index (χ1n) is 11.1. The van der Waals surface area contributed by atoms with Crippen molar-refractivity contribution in [3.05, 3.63) is 65.1 Å². The number of aliphatic hydroxyl groups excluding tert-OH is 1. The summed E-state index contributed by atoms with van der Waals surface area (Å²) in [5, 5.41) is 22.5. The van der Waals surface area contributed by atoms with E-state index in [1.54, 1.807) is 13.1 Å². The maximum Gasteiger partial charge on any atom is 0.257 e. The van der Waals surface area contributed by atoms with Crippen LogP contribution in [0.25, 0.3) is 0 Å². The van der Waals surface area contributed by atoms with Gasteiger partial charge in [-0.15, -0.1) is 0 Å². The Kier molecular flexibility index (Phi) is 6.49. The Hall–Kier alpha value is -3.92. The van der Waals surface area contributed by atoms with Crippen LogP contribution in [-0.4, -0.2) is 59.5 Å². The van der Waals surface area contributed by atoms with Crippen molar-refractivity contribution in [2.75, 3.05) is 20.1 Å². The molecule has 35 heavy (non-hydrogen) atoms. The summed E-state index contributed by atoms with van der Waals surface area (Å²) < 4.78 is 26.7. The van der Waals surface area contributed by atoms with Crippen LogP contribution in [0.3, 0.4) is 0 Å². The monoisotopic (exact) mass is 482 g/mol. The second-order valence-corrected chi connectivity index (χ2v) is 9.09. The minimum atomic E-state index is -0.749. The van der Waals surface area contributed by atoms with E-state index in [0.29, 0.717) is 17.9 Å². The third-order valence-corrected chi connectivity index (χ3v) is 5.63. The number of carbonyl (C=O) groups excluding carboxylic acids is 2. The molecule has 0 bridgehead atoms. The number of nitrogens with zero attached hydrogens (tertiary/aromatic N) is 1. The molecule has 0 spiro atoms. The van der Waals surface area contributed by atoms with E-state index in [9.17, 15) is 19.1 Å². The van der Waals surface area contributed by atoms with Gasteiger partial charge in [0.25, 0.3) is 11.8 Å². The van der Waals surface area contributed by atoms with Gasteiger partial charge in [0.2, 0.25) is 0 Å². The van der Waals surface area contributed by atoms with Crippen LogP contribution in [0.1, 0.15) is 40.1 Å². The SMILES string of the molecule is CN/C=C\C(=N)NC(=O)c1cc(Oc2ccc(C(=O)N3CC(O)C3)c(F)c2)c2c(c1)OC(C)(C)C2. The van der Waals surface area contributed by atoms with E-state index in [2.05, 4.69) is 10.6 Å². The lowest BCUT2D eigenvalue weighted by Crippen LogP contribution is -2.53. The molecule has 2 aliphatic heterocycles. The van der Waals surface area contributed by atoms with Crippen molar-refractivity contribution in [1.82, 2.24) is 15.5 Å². The van der Waals surface area contributed by atoms with Crippen LogP contribution in [0.2, 0.25) is 0 Å². The van der Waals surface area contributed by atoms with Crippen molar-refractivity contribution >= 4 is 17.6 Å². The molecule has 1 saturated heterocycles. The van der Waals surface area contributed by atoms with Crippen molar-refractivity contribution in [2.45, 2.75) is 32.0 Å². The molecule has 1 fully saturated rings. The molecule has 0 radical (unpaired) electrons. The average molecular weight is 483 g/mol. The number of likely N-dealkylation sites (tertiary alicyclic amines) is 1. The van der Waals surface area contributed by atoms with Crippen LogP contribution in [0, 0.1) is 11.2 Å². The molecule has 0 unspecified atom stereocenters. The third kappa shape index (κ3) is 5.27. The number of benzene rings is 2. The van der Waals surface area contributed by atoms with Gasteiger partial charge in [0.05, 0.1) is 11.7 Å². The normalized spacial score (nSPS) is 16.3. The van der Waals surface area contributed by atoms with Crippen molar-refractivity contribution in [2.24, 2.45) is 0 Å². The molecule has 184 valence electrons. The molecular formula is C25H27FN4O5. The summed E-state index contributed by atoms with van der Waals surface area (Å²) >= 11 is 0. The summed E-state index contributed by atoms with van der Waals surface area (Å²) in [6.07, 6.45) is 2.84. The average Bonchev–Trinajstić information content (AvgIpc) is 3.09. The van der Waals surface area contributed by atoms with Crippen LogP contribution in [-0.2, 0) is 6.42 Å². The fourth-order valence-electron chi connectivity index (χ4n) is 3.92. The maximum atomic E-state index is 14.8. The zero-order chi connectivity index (χ0) is 25.3. The van der Waals surface area contributed by atoms with Gasteiger partial charge >= 0.3 is 0 Å². The zero-order valence-corrected chi connectivity index (χ0v) is 19.6. The van der Waals surface area contributed by atoms with E-state index in [1.807, 2.05) is 13.8 Å². The number of halogens is 1. The number of nitrogens with one attached hydrogen (secondary N) is 3. The molecule has 2 heterocycles. The summed E-state index contributed by atoms with van der Waals surface area (Å²) in [7, 11) is 1.68. The molecule has 4 rings (SSSR count). The number of amides is 2. The van der Waals surface area contributed by atoms with Crippen LogP contribution in [0.15, 0.2) is 42.6 Å². The number of aliphatic hydroxyl groups is 1. The van der Waals surface area contributed by atoms with E-state index < -0.39 is 29.3 Å². The molecule has 2 aliphatic rings. The Bertz CT molecular complexity index is 1220. The molecule has 9 nitrogen and oxygen atoms in total. The molecule has 4 N–H and O–H groups in total. The predicted molar refractivity (Wildman–Crippen MR) is 127 cm³/mol. The minimum Gasteiger partial charge on any atom is -0.487 e. The maximum absolute atomic E-state index is 14.8. The van der Waals surface area contributed by atoms with Crippen molar-refractivity contribution < 1.29 is 28.6 Å². The summed E-state index contributed by atoms with van der Waals surface area (Å²) in [6, 6.07) is 7.04. The number of amidine groups is 1. The summed E-state index contributed by atoms with van der Waals surface area (Å²) in [6.45, 7) is 4.16. The highest BCUT2D eigenvalue weighted by molar-refractivity contribution is 6.09. The van der Waals surface area contributed by atoms with Gasteiger partial charge < -0.3 is 30.1 Å². The summed E-state index contributed by atoms with van der Waals surface area (Å²) in [4.78, 5) is 26.5. The standard InChI is InChI=1S/C25H27FN4O5/c1-25(2)11-18-20(8-14(9-21(18)35-25)23(32)29-22(27)6-7-28-3)34-16-4-5-17(19(26)10-16)24(33)30-12-15(31)13-30/h4-10,15,28,31H,11-13H2,1-3H3,(H2,27,29,32)/b7-6-. The van der Waals surface area contributed by atoms with Gasteiger partial charge in [-0.05, 0) is 50.4 Å². The molecular weight excluding hydrogens is 455 g/mol. The Labute approximate surface area is 202 Å². The molecule has 2 aromatic carbocycles. The smallest absolute Gasteiger partial charge is 0.257 e. The minimum absolute atomic E-state index is 0.106. The molecule has 0 saturated carbocycles.